The topological polar surface area (TPSA) is 102 Å². The molecule has 33 heavy (non-hydrogen) atoms. The zero-order valence-corrected chi connectivity index (χ0v) is 18.0. The number of rotatable bonds is 6. The third kappa shape index (κ3) is 5.08. The van der Waals surface area contributed by atoms with Gasteiger partial charge in [-0.2, -0.15) is 5.10 Å². The molecule has 1 aliphatic carbocycles. The summed E-state index contributed by atoms with van der Waals surface area (Å²) in [5, 5.41) is 9.12. The van der Waals surface area contributed by atoms with Crippen LogP contribution in [0.3, 0.4) is 0 Å². The number of urea groups is 1. The maximum Gasteiger partial charge on any atom is 0.359 e. The van der Waals surface area contributed by atoms with Gasteiger partial charge in [0.25, 0.3) is 5.91 Å². The monoisotopic (exact) mass is 450 g/mol. The highest BCUT2D eigenvalue weighted by atomic mass is 19.1. The Kier molecular flexibility index (Phi) is 6.48. The minimum Gasteiger partial charge on any atom is -0.448 e. The fourth-order valence-corrected chi connectivity index (χ4v) is 3.70. The van der Waals surface area contributed by atoms with E-state index in [1.54, 1.807) is 16.8 Å². The van der Waals surface area contributed by atoms with Gasteiger partial charge in [0.05, 0.1) is 5.69 Å². The molecule has 0 fully saturated rings. The average Bonchev–Trinajstić information content (AvgIpc) is 3.42. The van der Waals surface area contributed by atoms with E-state index in [-0.39, 0.29) is 18.1 Å². The molecule has 3 amide bonds. The maximum atomic E-state index is 13.3. The van der Waals surface area contributed by atoms with Crippen LogP contribution in [0.5, 0.6) is 0 Å². The molecule has 2 aromatic carbocycles. The third-order valence-corrected chi connectivity index (χ3v) is 5.38. The average molecular weight is 450 g/mol. The standard InChI is InChI=1S/C24H23FN4O4/c1-15(22(30)27-24(32)26-14-16-6-3-2-4-7-16)33-23(31)21-19-8-5-9-20(19)29(28-21)18-12-10-17(25)11-13-18/h2-4,6-7,10-13,15H,5,8-9,14H2,1H3,(H2,26,27,30,32). The quantitative estimate of drug-likeness (QED) is 0.562. The molecule has 9 heteroatoms. The Balaban J connectivity index is 1.38. The molecule has 170 valence electrons. The molecule has 2 N–H and O–H groups in total. The predicted octanol–water partition coefficient (Wildman–Crippen LogP) is 3.07. The zero-order chi connectivity index (χ0) is 23.4. The zero-order valence-electron chi connectivity index (χ0n) is 18.0. The van der Waals surface area contributed by atoms with Crippen molar-refractivity contribution in [3.05, 3.63) is 82.9 Å². The summed E-state index contributed by atoms with van der Waals surface area (Å²) >= 11 is 0. The van der Waals surface area contributed by atoms with Gasteiger partial charge in [-0.1, -0.05) is 30.3 Å². The van der Waals surface area contributed by atoms with Crippen molar-refractivity contribution in [3.8, 4) is 5.69 Å². The van der Waals surface area contributed by atoms with E-state index in [2.05, 4.69) is 15.7 Å². The van der Waals surface area contributed by atoms with Crippen molar-refractivity contribution in [2.75, 3.05) is 0 Å². The molecule has 1 unspecified atom stereocenters. The molecule has 1 aliphatic rings. The van der Waals surface area contributed by atoms with Gasteiger partial charge in [-0.25, -0.2) is 18.7 Å². The van der Waals surface area contributed by atoms with Gasteiger partial charge in [0.2, 0.25) is 0 Å². The van der Waals surface area contributed by atoms with Gasteiger partial charge in [0.1, 0.15) is 5.82 Å². The number of fused-ring (bicyclic) bond motifs is 1. The van der Waals surface area contributed by atoms with Gasteiger partial charge in [0.15, 0.2) is 11.8 Å². The first-order valence-corrected chi connectivity index (χ1v) is 10.6. The number of hydrogen-bond acceptors (Lipinski definition) is 5. The van der Waals surface area contributed by atoms with Crippen molar-refractivity contribution in [3.63, 3.8) is 0 Å². The second kappa shape index (κ2) is 9.64. The van der Waals surface area contributed by atoms with Gasteiger partial charge >= 0.3 is 12.0 Å². The molecular weight excluding hydrogens is 427 g/mol. The molecule has 1 atom stereocenters. The molecule has 1 heterocycles. The van der Waals surface area contributed by atoms with Crippen LogP contribution in [-0.4, -0.2) is 33.8 Å². The summed E-state index contributed by atoms with van der Waals surface area (Å²) < 4.78 is 20.2. The van der Waals surface area contributed by atoms with E-state index < -0.39 is 24.0 Å². The summed E-state index contributed by atoms with van der Waals surface area (Å²) in [4.78, 5) is 37.1. The van der Waals surface area contributed by atoms with Crippen LogP contribution in [0.15, 0.2) is 54.6 Å². The highest BCUT2D eigenvalue weighted by Gasteiger charge is 2.30. The van der Waals surface area contributed by atoms with E-state index in [0.29, 0.717) is 12.1 Å². The van der Waals surface area contributed by atoms with Crippen molar-refractivity contribution in [1.29, 1.82) is 0 Å². The van der Waals surface area contributed by atoms with Crippen molar-refractivity contribution in [1.82, 2.24) is 20.4 Å². The number of esters is 1. The number of hydrogen-bond donors (Lipinski definition) is 2. The molecule has 0 saturated carbocycles. The fraction of sp³-hybridized carbons (Fsp3) is 0.250. The van der Waals surface area contributed by atoms with Crippen molar-refractivity contribution >= 4 is 17.9 Å². The highest BCUT2D eigenvalue weighted by Crippen LogP contribution is 2.28. The minimum absolute atomic E-state index is 0.125. The Hall–Kier alpha value is -4.01. The van der Waals surface area contributed by atoms with Gasteiger partial charge in [-0.3, -0.25) is 10.1 Å². The second-order valence-electron chi connectivity index (χ2n) is 7.72. The molecule has 3 aromatic rings. The smallest absolute Gasteiger partial charge is 0.359 e. The third-order valence-electron chi connectivity index (χ3n) is 5.38. The molecule has 1 aromatic heterocycles. The SMILES string of the molecule is CC(OC(=O)c1nn(-c2ccc(F)cc2)c2c1CCC2)C(=O)NC(=O)NCc1ccccc1. The van der Waals surface area contributed by atoms with E-state index in [9.17, 15) is 18.8 Å². The number of amides is 3. The lowest BCUT2D eigenvalue weighted by molar-refractivity contribution is -0.127. The number of nitrogens with one attached hydrogen (secondary N) is 2. The van der Waals surface area contributed by atoms with Crippen LogP contribution in [0.1, 0.15) is 40.7 Å². The van der Waals surface area contributed by atoms with Crippen LogP contribution in [0.4, 0.5) is 9.18 Å². The summed E-state index contributed by atoms with van der Waals surface area (Å²) in [6, 6.07) is 14.4. The van der Waals surface area contributed by atoms with E-state index in [0.717, 1.165) is 29.7 Å². The molecule has 0 saturated heterocycles. The first kappa shape index (κ1) is 22.2. The number of carbonyl (C=O) groups excluding carboxylic acids is 3. The Bertz CT molecular complexity index is 1180. The van der Waals surface area contributed by atoms with E-state index in [1.165, 1.54) is 19.1 Å². The van der Waals surface area contributed by atoms with E-state index >= 15 is 0 Å². The number of aromatic nitrogens is 2. The summed E-state index contributed by atoms with van der Waals surface area (Å²) in [5.41, 5.74) is 3.27. The van der Waals surface area contributed by atoms with Gasteiger partial charge in [-0.05, 0) is 56.0 Å². The fourth-order valence-electron chi connectivity index (χ4n) is 3.70. The number of halogens is 1. The molecule has 0 aliphatic heterocycles. The van der Waals surface area contributed by atoms with Crippen LogP contribution in [0.2, 0.25) is 0 Å². The van der Waals surface area contributed by atoms with Crippen molar-refractivity contribution in [2.45, 2.75) is 38.8 Å². The lowest BCUT2D eigenvalue weighted by Crippen LogP contribution is -2.44. The number of imide groups is 1. The minimum atomic E-state index is -1.20. The lowest BCUT2D eigenvalue weighted by atomic mass is 10.2. The Labute approximate surface area is 189 Å². The molecule has 0 spiro atoms. The maximum absolute atomic E-state index is 13.3. The summed E-state index contributed by atoms with van der Waals surface area (Å²) in [6.07, 6.45) is 1.04. The van der Waals surface area contributed by atoms with Gasteiger partial charge in [0, 0.05) is 17.8 Å². The second-order valence-corrected chi connectivity index (χ2v) is 7.72. The number of nitrogens with zero attached hydrogens (tertiary/aromatic N) is 2. The molecule has 4 rings (SSSR count). The summed E-state index contributed by atoms with van der Waals surface area (Å²) in [5.74, 6) is -1.86. The summed E-state index contributed by atoms with van der Waals surface area (Å²) in [7, 11) is 0. The largest absolute Gasteiger partial charge is 0.448 e. The molecule has 0 radical (unpaired) electrons. The number of benzene rings is 2. The number of carbonyl (C=O) groups is 3. The molecule has 8 nitrogen and oxygen atoms in total. The van der Waals surface area contributed by atoms with Crippen LogP contribution in [-0.2, 0) is 28.9 Å². The molecular formula is C24H23FN4O4. The van der Waals surface area contributed by atoms with Crippen LogP contribution < -0.4 is 10.6 Å². The highest BCUT2D eigenvalue weighted by molar-refractivity contribution is 5.98. The Morgan fingerprint density at radius 3 is 2.55 bits per heavy atom. The van der Waals surface area contributed by atoms with Gasteiger partial charge in [-0.15, -0.1) is 0 Å². The Morgan fingerprint density at radius 1 is 1.09 bits per heavy atom. The van der Waals surface area contributed by atoms with E-state index in [4.69, 9.17) is 4.74 Å². The summed E-state index contributed by atoms with van der Waals surface area (Å²) in [6.45, 7) is 1.63. The van der Waals surface area contributed by atoms with Crippen molar-refractivity contribution in [2.24, 2.45) is 0 Å². The van der Waals surface area contributed by atoms with Crippen LogP contribution in [0, 0.1) is 5.82 Å². The van der Waals surface area contributed by atoms with E-state index in [1.807, 2.05) is 30.3 Å². The molecule has 0 bridgehead atoms. The lowest BCUT2D eigenvalue weighted by Gasteiger charge is -2.13. The first-order chi connectivity index (χ1) is 15.9. The van der Waals surface area contributed by atoms with Crippen LogP contribution in [0.25, 0.3) is 5.69 Å². The van der Waals surface area contributed by atoms with Crippen LogP contribution >= 0.6 is 0 Å². The predicted molar refractivity (Wildman–Crippen MR) is 117 cm³/mol. The number of ether oxygens (including phenoxy) is 1. The van der Waals surface area contributed by atoms with Crippen molar-refractivity contribution < 1.29 is 23.5 Å². The Morgan fingerprint density at radius 2 is 1.82 bits per heavy atom. The first-order valence-electron chi connectivity index (χ1n) is 10.6. The normalized spacial score (nSPS) is 13.2. The van der Waals surface area contributed by atoms with Gasteiger partial charge < -0.3 is 10.1 Å².